The fraction of sp³-hybridized carbons (Fsp3) is 0.222. The number of hydrogen-bond donors (Lipinski definition) is 1. The van der Waals surface area contributed by atoms with Crippen molar-refractivity contribution < 1.29 is 0 Å². The van der Waals surface area contributed by atoms with Crippen LogP contribution in [-0.4, -0.2) is 17.1 Å². The zero-order chi connectivity index (χ0) is 16.6. The number of thiazole rings is 1. The molecule has 23 heavy (non-hydrogen) atoms. The van der Waals surface area contributed by atoms with Crippen LogP contribution in [0.4, 0.5) is 11.4 Å². The molecule has 0 fully saturated rings. The summed E-state index contributed by atoms with van der Waals surface area (Å²) in [6.45, 7) is 6.25. The first-order valence-corrected chi connectivity index (χ1v) is 8.65. The van der Waals surface area contributed by atoms with Crippen molar-refractivity contribution in [1.82, 2.24) is 4.98 Å². The lowest BCUT2D eigenvalue weighted by Crippen LogP contribution is -2.30. The molecule has 1 aromatic heterocycles. The van der Waals surface area contributed by atoms with Gasteiger partial charge >= 0.3 is 0 Å². The highest BCUT2D eigenvalue weighted by atomic mass is 32.1. The normalized spacial score (nSPS) is 10.8. The first-order chi connectivity index (χ1) is 10.9. The van der Waals surface area contributed by atoms with Crippen LogP contribution in [0.2, 0.25) is 0 Å². The van der Waals surface area contributed by atoms with Crippen LogP contribution >= 0.6 is 23.6 Å². The maximum Gasteiger partial charge on any atom is 0.177 e. The summed E-state index contributed by atoms with van der Waals surface area (Å²) in [5.74, 6) is 0. The molecule has 3 rings (SSSR count). The van der Waals surface area contributed by atoms with Crippen molar-refractivity contribution in [3.8, 4) is 0 Å². The highest BCUT2D eigenvalue weighted by Crippen LogP contribution is 2.25. The third-order valence-corrected chi connectivity index (χ3v) is 5.24. The van der Waals surface area contributed by atoms with Crippen molar-refractivity contribution in [2.45, 2.75) is 20.8 Å². The third-order valence-electron chi connectivity index (χ3n) is 3.93. The van der Waals surface area contributed by atoms with Crippen LogP contribution < -0.4 is 10.2 Å². The van der Waals surface area contributed by atoms with E-state index in [1.807, 2.05) is 31.0 Å². The van der Waals surface area contributed by atoms with E-state index >= 15 is 0 Å². The molecule has 1 N–H and O–H groups in total. The van der Waals surface area contributed by atoms with Gasteiger partial charge in [-0.05, 0) is 74.4 Å². The van der Waals surface area contributed by atoms with E-state index < -0.39 is 0 Å². The van der Waals surface area contributed by atoms with Gasteiger partial charge in [0.2, 0.25) is 0 Å². The topological polar surface area (TPSA) is 28.2 Å². The third kappa shape index (κ3) is 3.35. The van der Waals surface area contributed by atoms with Crippen molar-refractivity contribution in [2.24, 2.45) is 0 Å². The molecule has 0 saturated heterocycles. The van der Waals surface area contributed by atoms with Crippen molar-refractivity contribution in [2.75, 3.05) is 17.3 Å². The minimum atomic E-state index is 0.675. The Labute approximate surface area is 146 Å². The molecule has 2 aromatic carbocycles. The van der Waals surface area contributed by atoms with Crippen LogP contribution in [0.1, 0.15) is 16.1 Å². The van der Waals surface area contributed by atoms with E-state index in [2.05, 4.69) is 48.4 Å². The number of nitrogens with zero attached hydrogens (tertiary/aromatic N) is 2. The van der Waals surface area contributed by atoms with Crippen LogP contribution in [0.25, 0.3) is 10.2 Å². The average Bonchev–Trinajstić information content (AvgIpc) is 2.88. The molecule has 3 aromatic rings. The van der Waals surface area contributed by atoms with Gasteiger partial charge in [-0.2, -0.15) is 0 Å². The van der Waals surface area contributed by atoms with Crippen LogP contribution in [0.3, 0.4) is 0 Å². The lowest BCUT2D eigenvalue weighted by Gasteiger charge is -2.22. The molecule has 0 atom stereocenters. The molecule has 0 aliphatic rings. The number of thiocarbonyl (C=S) groups is 1. The van der Waals surface area contributed by atoms with Gasteiger partial charge in [0.15, 0.2) is 5.11 Å². The number of hydrogen-bond acceptors (Lipinski definition) is 3. The fourth-order valence-corrected chi connectivity index (χ4v) is 3.47. The minimum Gasteiger partial charge on any atom is -0.332 e. The number of aromatic nitrogens is 1. The van der Waals surface area contributed by atoms with E-state index in [1.54, 1.807) is 11.3 Å². The highest BCUT2D eigenvalue weighted by Gasteiger charge is 2.09. The van der Waals surface area contributed by atoms with Crippen LogP contribution in [0.15, 0.2) is 36.4 Å². The average molecular weight is 342 g/mol. The first-order valence-electron chi connectivity index (χ1n) is 7.43. The molecule has 0 bridgehead atoms. The van der Waals surface area contributed by atoms with Gasteiger partial charge in [-0.25, -0.2) is 4.98 Å². The van der Waals surface area contributed by atoms with Crippen molar-refractivity contribution in [3.05, 3.63) is 52.5 Å². The van der Waals surface area contributed by atoms with E-state index in [4.69, 9.17) is 12.2 Å². The number of benzene rings is 2. The maximum absolute atomic E-state index is 5.55. The van der Waals surface area contributed by atoms with E-state index in [1.165, 1.54) is 15.8 Å². The molecular weight excluding hydrogens is 322 g/mol. The molecule has 5 heteroatoms. The monoisotopic (exact) mass is 341 g/mol. The van der Waals surface area contributed by atoms with E-state index in [9.17, 15) is 0 Å². The van der Waals surface area contributed by atoms with Crippen molar-refractivity contribution in [1.29, 1.82) is 0 Å². The fourth-order valence-electron chi connectivity index (χ4n) is 2.38. The Hall–Kier alpha value is -1.98. The van der Waals surface area contributed by atoms with Gasteiger partial charge in [0.25, 0.3) is 0 Å². The zero-order valence-electron chi connectivity index (χ0n) is 13.7. The Balaban J connectivity index is 1.79. The van der Waals surface area contributed by atoms with Crippen molar-refractivity contribution in [3.63, 3.8) is 0 Å². The SMILES string of the molecule is Cc1nc2ccc(NC(=S)N(C)c3ccc(C)c(C)c3)cc2s1. The predicted molar refractivity (Wildman–Crippen MR) is 105 cm³/mol. The quantitative estimate of drug-likeness (QED) is 0.660. The molecular formula is C18H19N3S2. The standard InChI is InChI=1S/C18H19N3S2/c1-11-5-7-15(9-12(11)2)21(4)18(22)20-14-6-8-16-17(10-14)23-13(3)19-16/h5-10H,1-4H3,(H,20,22). The number of rotatable bonds is 2. The minimum absolute atomic E-state index is 0.675. The van der Waals surface area contributed by atoms with Gasteiger partial charge in [-0.3, -0.25) is 0 Å². The lowest BCUT2D eigenvalue weighted by atomic mass is 10.1. The molecule has 0 spiro atoms. The molecule has 1 heterocycles. The number of aryl methyl sites for hydroxylation is 3. The van der Waals surface area contributed by atoms with Gasteiger partial charge in [0.05, 0.1) is 15.2 Å². The summed E-state index contributed by atoms with van der Waals surface area (Å²) in [5.41, 5.74) is 5.65. The molecule has 0 radical (unpaired) electrons. The van der Waals surface area contributed by atoms with Gasteiger partial charge in [0, 0.05) is 18.4 Å². The van der Waals surface area contributed by atoms with E-state index in [0.717, 1.165) is 21.9 Å². The Kier molecular flexibility index (Phi) is 4.33. The second-order valence-corrected chi connectivity index (χ2v) is 7.29. The van der Waals surface area contributed by atoms with Gasteiger partial charge in [-0.1, -0.05) is 6.07 Å². The van der Waals surface area contributed by atoms with Crippen molar-refractivity contribution >= 4 is 50.3 Å². The van der Waals surface area contributed by atoms with Gasteiger partial charge < -0.3 is 10.2 Å². The van der Waals surface area contributed by atoms with Crippen LogP contribution in [0.5, 0.6) is 0 Å². The molecule has 0 aliphatic heterocycles. The highest BCUT2D eigenvalue weighted by molar-refractivity contribution is 7.80. The number of fused-ring (bicyclic) bond motifs is 1. The lowest BCUT2D eigenvalue weighted by molar-refractivity contribution is 1.24. The van der Waals surface area contributed by atoms with E-state index in [0.29, 0.717) is 5.11 Å². The second kappa shape index (κ2) is 6.26. The summed E-state index contributed by atoms with van der Waals surface area (Å²) in [6, 6.07) is 12.5. The Bertz CT molecular complexity index is 883. The molecule has 118 valence electrons. The Morgan fingerprint density at radius 2 is 1.87 bits per heavy atom. The number of nitrogens with one attached hydrogen (secondary N) is 1. The zero-order valence-corrected chi connectivity index (χ0v) is 15.3. The second-order valence-electron chi connectivity index (χ2n) is 5.67. The Morgan fingerprint density at radius 3 is 2.61 bits per heavy atom. The number of anilines is 2. The smallest absolute Gasteiger partial charge is 0.177 e. The van der Waals surface area contributed by atoms with Crippen LogP contribution in [0, 0.1) is 20.8 Å². The molecule has 0 aliphatic carbocycles. The van der Waals surface area contributed by atoms with Gasteiger partial charge in [-0.15, -0.1) is 11.3 Å². The summed E-state index contributed by atoms with van der Waals surface area (Å²) in [4.78, 5) is 6.47. The Morgan fingerprint density at radius 1 is 1.09 bits per heavy atom. The predicted octanol–water partition coefficient (Wildman–Crippen LogP) is 5.05. The maximum atomic E-state index is 5.55. The molecule has 0 amide bonds. The summed E-state index contributed by atoms with van der Waals surface area (Å²) < 4.78 is 1.17. The molecule has 3 nitrogen and oxygen atoms in total. The van der Waals surface area contributed by atoms with Gasteiger partial charge in [0.1, 0.15) is 0 Å². The summed E-state index contributed by atoms with van der Waals surface area (Å²) >= 11 is 7.24. The van der Waals surface area contributed by atoms with Crippen LogP contribution in [-0.2, 0) is 0 Å². The first kappa shape index (κ1) is 15.9. The van der Waals surface area contributed by atoms with E-state index in [-0.39, 0.29) is 0 Å². The summed E-state index contributed by atoms with van der Waals surface area (Å²) in [7, 11) is 1.98. The summed E-state index contributed by atoms with van der Waals surface area (Å²) in [6.07, 6.45) is 0. The molecule has 0 unspecified atom stereocenters. The largest absolute Gasteiger partial charge is 0.332 e. The molecule has 0 saturated carbocycles. The summed E-state index contributed by atoms with van der Waals surface area (Å²) in [5, 5.41) is 5.06.